The molecule has 8 nitrogen and oxygen atoms in total. The van der Waals surface area contributed by atoms with Crippen LogP contribution in [0.1, 0.15) is 32.1 Å². The summed E-state index contributed by atoms with van der Waals surface area (Å²) in [5, 5.41) is 2.72. The molecule has 1 saturated heterocycles. The van der Waals surface area contributed by atoms with E-state index in [1.165, 1.54) is 0 Å². The second-order valence-corrected chi connectivity index (χ2v) is 5.18. The summed E-state index contributed by atoms with van der Waals surface area (Å²) in [4.78, 5) is 29.6. The number of guanidine groups is 1. The van der Waals surface area contributed by atoms with Crippen LogP contribution in [0.2, 0.25) is 0 Å². The fourth-order valence-electron chi connectivity index (χ4n) is 2.31. The highest BCUT2D eigenvalue weighted by molar-refractivity contribution is 5.89. The lowest BCUT2D eigenvalue weighted by Gasteiger charge is -2.24. The molecule has 0 saturated carbocycles. The fourth-order valence-corrected chi connectivity index (χ4v) is 2.31. The van der Waals surface area contributed by atoms with E-state index in [0.29, 0.717) is 13.0 Å². The lowest BCUT2D eigenvalue weighted by molar-refractivity contribution is -0.135. The SMILES string of the molecule is NCCCC[C@H](NC(=O)CN=C(N)N)C(=O)N1CCCC1. The number of hydrogen-bond donors (Lipinski definition) is 4. The average molecular weight is 298 g/mol. The zero-order valence-electron chi connectivity index (χ0n) is 12.4. The fraction of sp³-hybridized carbons (Fsp3) is 0.769. The number of nitrogens with zero attached hydrogens (tertiary/aromatic N) is 2. The van der Waals surface area contributed by atoms with Gasteiger partial charge in [0.1, 0.15) is 12.6 Å². The zero-order chi connectivity index (χ0) is 15.7. The van der Waals surface area contributed by atoms with Crippen molar-refractivity contribution in [2.24, 2.45) is 22.2 Å². The van der Waals surface area contributed by atoms with E-state index in [4.69, 9.17) is 17.2 Å². The summed E-state index contributed by atoms with van der Waals surface area (Å²) in [5.41, 5.74) is 15.8. The van der Waals surface area contributed by atoms with E-state index in [1.54, 1.807) is 4.90 Å². The van der Waals surface area contributed by atoms with Crippen molar-refractivity contribution >= 4 is 17.8 Å². The first-order chi connectivity index (χ1) is 10.0. The number of unbranched alkanes of at least 4 members (excludes halogenated alkanes) is 1. The van der Waals surface area contributed by atoms with Crippen molar-refractivity contribution < 1.29 is 9.59 Å². The third kappa shape index (κ3) is 6.44. The predicted molar refractivity (Wildman–Crippen MR) is 81.3 cm³/mol. The van der Waals surface area contributed by atoms with Gasteiger partial charge in [-0.15, -0.1) is 0 Å². The van der Waals surface area contributed by atoms with Crippen molar-refractivity contribution in [3.8, 4) is 0 Å². The van der Waals surface area contributed by atoms with Gasteiger partial charge in [0.05, 0.1) is 0 Å². The summed E-state index contributed by atoms with van der Waals surface area (Å²) in [5.74, 6) is -0.521. The monoisotopic (exact) mass is 298 g/mol. The van der Waals surface area contributed by atoms with Gasteiger partial charge in [0, 0.05) is 13.1 Å². The molecule has 0 radical (unpaired) electrons. The largest absolute Gasteiger partial charge is 0.370 e. The molecule has 1 fully saturated rings. The van der Waals surface area contributed by atoms with E-state index in [1.807, 2.05) is 0 Å². The van der Waals surface area contributed by atoms with Crippen LogP contribution in [0, 0.1) is 0 Å². The molecular weight excluding hydrogens is 272 g/mol. The highest BCUT2D eigenvalue weighted by Gasteiger charge is 2.27. The second kappa shape index (κ2) is 9.17. The molecule has 0 unspecified atom stereocenters. The average Bonchev–Trinajstić information content (AvgIpc) is 2.97. The summed E-state index contributed by atoms with van der Waals surface area (Å²) in [6.45, 7) is 1.93. The molecule has 7 N–H and O–H groups in total. The standard InChI is InChI=1S/C13H26N6O2/c14-6-2-1-5-10(12(21)19-7-3-4-8-19)18-11(20)9-17-13(15)16/h10H,1-9,14H2,(H,18,20)(H4,15,16,17)/t10-/m0/s1. The van der Waals surface area contributed by atoms with Gasteiger partial charge in [-0.2, -0.15) is 0 Å². The first-order valence-corrected chi connectivity index (χ1v) is 7.38. The molecule has 8 heteroatoms. The normalized spacial score (nSPS) is 15.6. The predicted octanol–water partition coefficient (Wildman–Crippen LogP) is -1.50. The van der Waals surface area contributed by atoms with Crippen molar-refractivity contribution in [3.63, 3.8) is 0 Å². The van der Waals surface area contributed by atoms with Gasteiger partial charge >= 0.3 is 0 Å². The number of amides is 2. The van der Waals surface area contributed by atoms with Crippen molar-refractivity contribution in [1.29, 1.82) is 0 Å². The Morgan fingerprint density at radius 3 is 2.43 bits per heavy atom. The van der Waals surface area contributed by atoms with Crippen LogP contribution >= 0.6 is 0 Å². The van der Waals surface area contributed by atoms with Crippen LogP contribution in [-0.4, -0.2) is 54.9 Å². The quantitative estimate of drug-likeness (QED) is 0.245. The van der Waals surface area contributed by atoms with E-state index in [9.17, 15) is 9.59 Å². The summed E-state index contributed by atoms with van der Waals surface area (Å²) >= 11 is 0. The van der Waals surface area contributed by atoms with Gasteiger partial charge in [0.2, 0.25) is 11.8 Å². The number of likely N-dealkylation sites (tertiary alicyclic amines) is 1. The first kappa shape index (κ1) is 17.2. The van der Waals surface area contributed by atoms with Gasteiger partial charge in [-0.1, -0.05) is 0 Å². The Labute approximate surface area is 125 Å². The molecule has 0 aromatic rings. The molecule has 2 amide bonds. The van der Waals surface area contributed by atoms with Gasteiger partial charge < -0.3 is 27.4 Å². The minimum Gasteiger partial charge on any atom is -0.370 e. The molecule has 1 aliphatic rings. The number of rotatable bonds is 8. The maximum Gasteiger partial charge on any atom is 0.245 e. The number of nitrogens with one attached hydrogen (secondary N) is 1. The molecule has 0 aromatic carbocycles. The van der Waals surface area contributed by atoms with Gasteiger partial charge in [0.25, 0.3) is 0 Å². The molecule has 0 aromatic heterocycles. The third-order valence-electron chi connectivity index (χ3n) is 3.40. The highest BCUT2D eigenvalue weighted by Crippen LogP contribution is 2.12. The Morgan fingerprint density at radius 2 is 1.86 bits per heavy atom. The third-order valence-corrected chi connectivity index (χ3v) is 3.40. The minimum absolute atomic E-state index is 0.0254. The summed E-state index contributed by atoms with van der Waals surface area (Å²) < 4.78 is 0. The number of carbonyl (C=O) groups is 2. The van der Waals surface area contributed by atoms with E-state index in [0.717, 1.165) is 38.8 Å². The summed E-state index contributed by atoms with van der Waals surface area (Å²) in [7, 11) is 0. The van der Waals surface area contributed by atoms with Crippen LogP contribution in [0.15, 0.2) is 4.99 Å². The van der Waals surface area contributed by atoms with Gasteiger partial charge in [-0.25, -0.2) is 4.99 Å². The summed E-state index contributed by atoms with van der Waals surface area (Å²) in [6.07, 6.45) is 4.24. The van der Waals surface area contributed by atoms with Crippen molar-refractivity contribution in [3.05, 3.63) is 0 Å². The Bertz CT molecular complexity index is 375. The smallest absolute Gasteiger partial charge is 0.245 e. The number of hydrogen-bond acceptors (Lipinski definition) is 4. The number of aliphatic imine (C=N–C) groups is 1. The van der Waals surface area contributed by atoms with Crippen LogP contribution in [0.25, 0.3) is 0 Å². The van der Waals surface area contributed by atoms with Gasteiger partial charge in [-0.3, -0.25) is 9.59 Å². The van der Waals surface area contributed by atoms with E-state index in [-0.39, 0.29) is 24.3 Å². The minimum atomic E-state index is -0.517. The molecular formula is C13H26N6O2. The van der Waals surface area contributed by atoms with Gasteiger partial charge in [-0.05, 0) is 38.6 Å². The zero-order valence-corrected chi connectivity index (χ0v) is 12.4. The first-order valence-electron chi connectivity index (χ1n) is 7.38. The topological polar surface area (TPSA) is 140 Å². The Kier molecular flexibility index (Phi) is 7.52. The number of carbonyl (C=O) groups excluding carboxylic acids is 2. The molecule has 0 spiro atoms. The van der Waals surface area contributed by atoms with Gasteiger partial charge in [0.15, 0.2) is 5.96 Å². The molecule has 21 heavy (non-hydrogen) atoms. The molecule has 0 bridgehead atoms. The highest BCUT2D eigenvalue weighted by atomic mass is 16.2. The van der Waals surface area contributed by atoms with E-state index < -0.39 is 6.04 Å². The Balaban J connectivity index is 2.56. The van der Waals surface area contributed by atoms with Crippen LogP contribution in [-0.2, 0) is 9.59 Å². The van der Waals surface area contributed by atoms with Crippen molar-refractivity contribution in [2.75, 3.05) is 26.2 Å². The van der Waals surface area contributed by atoms with Crippen LogP contribution in [0.4, 0.5) is 0 Å². The van der Waals surface area contributed by atoms with Crippen molar-refractivity contribution in [1.82, 2.24) is 10.2 Å². The van der Waals surface area contributed by atoms with Crippen molar-refractivity contribution in [2.45, 2.75) is 38.1 Å². The molecule has 1 aliphatic heterocycles. The molecule has 120 valence electrons. The molecule has 1 atom stereocenters. The Morgan fingerprint density at radius 1 is 1.19 bits per heavy atom. The van der Waals surface area contributed by atoms with Crippen LogP contribution in [0.3, 0.4) is 0 Å². The van der Waals surface area contributed by atoms with E-state index in [2.05, 4.69) is 10.3 Å². The summed E-state index contributed by atoms with van der Waals surface area (Å²) in [6, 6.07) is -0.517. The lowest BCUT2D eigenvalue weighted by Crippen LogP contribution is -2.48. The molecule has 0 aliphatic carbocycles. The second-order valence-electron chi connectivity index (χ2n) is 5.18. The van der Waals surface area contributed by atoms with Crippen LogP contribution < -0.4 is 22.5 Å². The maximum atomic E-state index is 12.4. The molecule has 1 heterocycles. The molecule has 1 rings (SSSR count). The van der Waals surface area contributed by atoms with E-state index >= 15 is 0 Å². The maximum absolute atomic E-state index is 12.4. The Hall–Kier alpha value is -1.83. The van der Waals surface area contributed by atoms with Crippen LogP contribution in [0.5, 0.6) is 0 Å². The number of nitrogens with two attached hydrogens (primary N) is 3. The lowest BCUT2D eigenvalue weighted by atomic mass is 10.1.